The summed E-state index contributed by atoms with van der Waals surface area (Å²) in [6, 6.07) is 4.95. The van der Waals surface area contributed by atoms with Gasteiger partial charge >= 0.3 is 5.97 Å². The lowest BCUT2D eigenvalue weighted by Crippen LogP contribution is -2.61. The summed E-state index contributed by atoms with van der Waals surface area (Å²) < 4.78 is 0. The van der Waals surface area contributed by atoms with Crippen molar-refractivity contribution in [2.75, 3.05) is 6.54 Å². The summed E-state index contributed by atoms with van der Waals surface area (Å²) in [6.07, 6.45) is 1.11. The number of aliphatic hydroxyl groups is 1. The molecule has 11 N–H and O–H groups in total. The molecule has 344 valence electrons. The summed E-state index contributed by atoms with van der Waals surface area (Å²) in [7, 11) is 0. The smallest absolute Gasteiger partial charge is 0.328 e. The molecular formula is C45H64N8O10. The Kier molecular flexibility index (Phi) is 17.6. The number of phenols is 1. The molecule has 0 spiro atoms. The van der Waals surface area contributed by atoms with Crippen LogP contribution in [0.2, 0.25) is 0 Å². The monoisotopic (exact) mass is 876 g/mol. The number of carboxylic acid groups (broad SMARTS) is 1. The van der Waals surface area contributed by atoms with Gasteiger partial charge in [-0.3, -0.25) is 28.8 Å². The van der Waals surface area contributed by atoms with E-state index in [1.54, 1.807) is 46.0 Å². The molecule has 2 aromatic carbocycles. The number of aromatic amines is 1. The third kappa shape index (κ3) is 13.5. The first kappa shape index (κ1) is 49.6. The average Bonchev–Trinajstić information content (AvgIpc) is 3.88. The Morgan fingerprint density at radius 3 is 1.92 bits per heavy atom. The van der Waals surface area contributed by atoms with Crippen LogP contribution >= 0.6 is 0 Å². The highest BCUT2D eigenvalue weighted by Gasteiger charge is 2.41. The minimum Gasteiger partial charge on any atom is -0.508 e. The zero-order valence-electron chi connectivity index (χ0n) is 37.0. The van der Waals surface area contributed by atoms with Crippen LogP contribution in [0.15, 0.2) is 54.7 Å². The number of nitrogens with zero attached hydrogens (tertiary/aromatic N) is 1. The Bertz CT molecular complexity index is 2080. The fraction of sp³-hybridized carbons (Fsp3) is 0.533. The number of amides is 6. The number of para-hydroxylation sites is 1. The molecule has 18 nitrogen and oxygen atoms in total. The molecule has 1 aliphatic rings. The van der Waals surface area contributed by atoms with Crippen LogP contribution < -0.4 is 32.3 Å². The summed E-state index contributed by atoms with van der Waals surface area (Å²) in [5.74, 6) is -6.19. The molecule has 6 amide bonds. The Balaban J connectivity index is 1.59. The molecule has 1 aromatic heterocycles. The zero-order valence-corrected chi connectivity index (χ0v) is 37.0. The number of aromatic nitrogens is 1. The van der Waals surface area contributed by atoms with E-state index >= 15 is 0 Å². The maximum Gasteiger partial charge on any atom is 0.328 e. The van der Waals surface area contributed by atoms with E-state index in [0.717, 1.165) is 10.9 Å². The maximum atomic E-state index is 14.6. The molecule has 0 bridgehead atoms. The van der Waals surface area contributed by atoms with Gasteiger partial charge in [-0.15, -0.1) is 0 Å². The van der Waals surface area contributed by atoms with Gasteiger partial charge in [-0.1, -0.05) is 71.9 Å². The summed E-state index contributed by atoms with van der Waals surface area (Å²) in [6.45, 7) is 12.1. The number of aliphatic carboxylic acids is 1. The third-order valence-electron chi connectivity index (χ3n) is 11.2. The van der Waals surface area contributed by atoms with Crippen LogP contribution in [0.25, 0.3) is 10.9 Å². The van der Waals surface area contributed by atoms with E-state index in [1.807, 2.05) is 38.1 Å². The van der Waals surface area contributed by atoms with Gasteiger partial charge in [-0.05, 0) is 73.3 Å². The van der Waals surface area contributed by atoms with Gasteiger partial charge in [-0.25, -0.2) is 4.79 Å². The number of benzene rings is 2. The minimum atomic E-state index is -1.67. The average molecular weight is 877 g/mol. The van der Waals surface area contributed by atoms with Crippen LogP contribution in [0.5, 0.6) is 5.75 Å². The van der Waals surface area contributed by atoms with E-state index in [4.69, 9.17) is 5.73 Å². The lowest BCUT2D eigenvalue weighted by molar-refractivity contribution is -0.145. The van der Waals surface area contributed by atoms with Gasteiger partial charge in [-0.2, -0.15) is 0 Å². The summed E-state index contributed by atoms with van der Waals surface area (Å²) >= 11 is 0. The number of hydrogen-bond donors (Lipinski definition) is 10. The number of carboxylic acids is 1. The van der Waals surface area contributed by atoms with Gasteiger partial charge in [0.25, 0.3) is 0 Å². The molecular weight excluding hydrogens is 813 g/mol. The quantitative estimate of drug-likeness (QED) is 0.0727. The first-order valence-electron chi connectivity index (χ1n) is 21.5. The molecule has 18 heteroatoms. The number of nitrogens with one attached hydrogen (secondary N) is 6. The van der Waals surface area contributed by atoms with Crippen LogP contribution in [0.4, 0.5) is 0 Å². The number of H-pyrrole nitrogens is 1. The fourth-order valence-electron chi connectivity index (χ4n) is 7.66. The number of likely N-dealkylation sites (tertiary alicyclic amines) is 1. The van der Waals surface area contributed by atoms with Gasteiger partial charge in [0.1, 0.15) is 36.0 Å². The van der Waals surface area contributed by atoms with Gasteiger partial charge in [0.2, 0.25) is 35.4 Å². The molecule has 8 atom stereocenters. The molecule has 63 heavy (non-hydrogen) atoms. The van der Waals surface area contributed by atoms with Crippen LogP contribution in [0.3, 0.4) is 0 Å². The van der Waals surface area contributed by atoms with Gasteiger partial charge in [0.15, 0.2) is 6.04 Å². The second-order valence-electron chi connectivity index (χ2n) is 17.5. The van der Waals surface area contributed by atoms with Crippen molar-refractivity contribution >= 4 is 52.3 Å². The Morgan fingerprint density at radius 1 is 0.746 bits per heavy atom. The van der Waals surface area contributed by atoms with Crippen LogP contribution in [0.1, 0.15) is 78.9 Å². The second kappa shape index (κ2) is 22.4. The van der Waals surface area contributed by atoms with Crippen molar-refractivity contribution in [1.82, 2.24) is 36.5 Å². The highest BCUT2D eigenvalue weighted by Crippen LogP contribution is 2.23. The van der Waals surface area contributed by atoms with Crippen LogP contribution in [-0.4, -0.2) is 122 Å². The van der Waals surface area contributed by atoms with Crippen LogP contribution in [0, 0.1) is 17.8 Å². The van der Waals surface area contributed by atoms with E-state index < -0.39 is 95.7 Å². The number of fused-ring (bicyclic) bond motifs is 1. The lowest BCUT2D eigenvalue weighted by Gasteiger charge is -2.32. The first-order chi connectivity index (χ1) is 29.7. The topological polar surface area (TPSA) is 285 Å². The molecule has 2 heterocycles. The number of nitrogens with two attached hydrogens (primary N) is 1. The zero-order chi connectivity index (χ0) is 46.7. The maximum absolute atomic E-state index is 14.6. The van der Waals surface area contributed by atoms with E-state index in [0.29, 0.717) is 24.0 Å². The van der Waals surface area contributed by atoms with E-state index in [1.165, 1.54) is 24.0 Å². The summed E-state index contributed by atoms with van der Waals surface area (Å²) in [4.78, 5) is 99.7. The van der Waals surface area contributed by atoms with Crippen LogP contribution in [-0.2, 0) is 46.4 Å². The Labute approximate surface area is 367 Å². The van der Waals surface area contributed by atoms with Crippen molar-refractivity contribution in [3.63, 3.8) is 0 Å². The largest absolute Gasteiger partial charge is 0.508 e. The van der Waals surface area contributed by atoms with Crippen molar-refractivity contribution in [2.45, 2.75) is 129 Å². The van der Waals surface area contributed by atoms with Gasteiger partial charge in [0, 0.05) is 36.5 Å². The second-order valence-corrected chi connectivity index (χ2v) is 17.5. The molecule has 0 aliphatic carbocycles. The first-order valence-corrected chi connectivity index (χ1v) is 21.5. The predicted octanol–water partition coefficient (Wildman–Crippen LogP) is 1.22. The number of rotatable bonds is 21. The predicted molar refractivity (Wildman–Crippen MR) is 235 cm³/mol. The summed E-state index contributed by atoms with van der Waals surface area (Å²) in [5, 5.41) is 43.9. The standard InChI is InChI=1S/C45H64N8O10/c1-23(2)19-31(46)39(56)50-37(25(5)6)43(60)51-36(24(3)4)42(59)49-34(20-27-14-16-29(55)17-15-27)44(61)53-18-10-13-35(53)41(58)48-33(40(57)52-38(26(7)54)45(62)63)21-28-22-47-32-12-9-8-11-30(28)32/h8-9,11-12,14-17,22-26,31,33-38,47,54-55H,10,13,18-21,46H2,1-7H3,(H,48,58)(H,49,59)(H,50,56)(H,51,60)(H,52,57)(H,62,63)/t26?,31-,33-,34-,35-,36-,37-,38-/m0/s1. The van der Waals surface area contributed by atoms with E-state index in [9.17, 15) is 48.9 Å². The number of aromatic hydroxyl groups is 1. The Morgan fingerprint density at radius 2 is 1.33 bits per heavy atom. The third-order valence-corrected chi connectivity index (χ3v) is 11.2. The number of hydrogen-bond acceptors (Lipinski definition) is 10. The van der Waals surface area contributed by atoms with Crippen molar-refractivity contribution < 1.29 is 48.9 Å². The number of carbonyl (C=O) groups excluding carboxylic acids is 6. The van der Waals surface area contributed by atoms with Crippen molar-refractivity contribution in [3.8, 4) is 5.75 Å². The van der Waals surface area contributed by atoms with E-state index in [2.05, 4.69) is 31.6 Å². The highest BCUT2D eigenvalue weighted by atomic mass is 16.4. The SMILES string of the molecule is CC(C)C[C@H](N)C(=O)N[C@H](C(=O)N[C@H](C(=O)N[C@@H](Cc1ccc(O)cc1)C(=O)N1CCC[C@H]1C(=O)N[C@@H](Cc1c[nH]c2ccccc12)C(=O)N[C@H](C(=O)O)C(C)O)C(C)C)C(C)C. The van der Waals surface area contributed by atoms with Gasteiger partial charge in [0.05, 0.1) is 12.1 Å². The van der Waals surface area contributed by atoms with Crippen molar-refractivity contribution in [2.24, 2.45) is 23.5 Å². The summed E-state index contributed by atoms with van der Waals surface area (Å²) in [5.41, 5.74) is 8.08. The molecule has 1 fully saturated rings. The molecule has 1 unspecified atom stereocenters. The number of carbonyl (C=O) groups is 7. The lowest BCUT2D eigenvalue weighted by atomic mass is 9.97. The molecule has 4 rings (SSSR count). The van der Waals surface area contributed by atoms with Crippen molar-refractivity contribution in [3.05, 3.63) is 65.9 Å². The van der Waals surface area contributed by atoms with Gasteiger partial charge < -0.3 is 57.5 Å². The molecule has 0 saturated carbocycles. The highest BCUT2D eigenvalue weighted by molar-refractivity contribution is 5.98. The van der Waals surface area contributed by atoms with E-state index in [-0.39, 0.29) is 43.4 Å². The molecule has 1 aliphatic heterocycles. The normalized spacial score (nSPS) is 17.3. The number of aliphatic hydroxyl groups excluding tert-OH is 1. The molecule has 3 aromatic rings. The van der Waals surface area contributed by atoms with Crippen molar-refractivity contribution in [1.29, 1.82) is 0 Å². The molecule has 0 radical (unpaired) electrons. The fourth-order valence-corrected chi connectivity index (χ4v) is 7.66. The molecule has 1 saturated heterocycles. The number of phenolic OH excluding ortho intramolecular Hbond substituents is 1. The Hall–Kier alpha value is -6.01. The minimum absolute atomic E-state index is 0.0177.